The number of methoxy groups -OCH3 is 1. The summed E-state index contributed by atoms with van der Waals surface area (Å²) in [6.45, 7) is 3.85. The van der Waals surface area contributed by atoms with E-state index in [9.17, 15) is 27.6 Å². The molecule has 4 aliphatic carbocycles. The molecule has 294 valence electrons. The first-order valence-corrected chi connectivity index (χ1v) is 21.3. The Labute approximate surface area is 321 Å². The first kappa shape index (κ1) is 37.5. The maximum atomic E-state index is 14.8. The third-order valence-corrected chi connectivity index (χ3v) is 14.3. The van der Waals surface area contributed by atoms with E-state index in [2.05, 4.69) is 28.8 Å². The second kappa shape index (κ2) is 14.9. The Morgan fingerprint density at radius 2 is 1.82 bits per heavy atom. The van der Waals surface area contributed by atoms with Gasteiger partial charge >= 0.3 is 5.97 Å². The number of para-hydroxylation sites is 1. The van der Waals surface area contributed by atoms with Crippen molar-refractivity contribution in [1.29, 1.82) is 0 Å². The molecule has 2 aromatic rings. The summed E-state index contributed by atoms with van der Waals surface area (Å²) in [4.78, 5) is 62.7. The minimum absolute atomic E-state index is 0.0339. The summed E-state index contributed by atoms with van der Waals surface area (Å²) in [5.41, 5.74) is -0.115. The van der Waals surface area contributed by atoms with E-state index in [-0.39, 0.29) is 49.7 Å². The molecule has 3 amide bonds. The standard InChI is InChI=1S/C41H50N4O9S/c1-3-26-22-41(26,40(49)44-55(50,51)28-17-18-28)43-37(47)33-20-27-23-45(33)39(48)31(24-11-7-8-12-24)21-35(46)54-34-19-25(34)13-5-4-6-15-30-36(52-2)29-14-9-10-16-32(29)42-38(30)53-27/h3-4,6,9-10,14,16,24-28,31,33-34H,1,5,7-8,11-13,15,17-23H2,2H3,(H,43,47)(H,44,49)/b6-4+/t25-,26-,27-,31+,33+,34-,41-/m1/s1. The van der Waals surface area contributed by atoms with Crippen LogP contribution in [0.15, 0.2) is 49.1 Å². The quantitative estimate of drug-likeness (QED) is 0.292. The van der Waals surface area contributed by atoms with Gasteiger partial charge in [0.25, 0.3) is 5.91 Å². The molecule has 1 aromatic heterocycles. The van der Waals surface area contributed by atoms with Gasteiger partial charge in [0.15, 0.2) is 0 Å². The van der Waals surface area contributed by atoms with Crippen molar-refractivity contribution in [2.75, 3.05) is 13.7 Å². The van der Waals surface area contributed by atoms with Crippen molar-refractivity contribution in [3.05, 3.63) is 54.6 Å². The van der Waals surface area contributed by atoms with Gasteiger partial charge in [-0.05, 0) is 81.8 Å². The van der Waals surface area contributed by atoms with Gasteiger partial charge in [0, 0.05) is 17.7 Å². The van der Waals surface area contributed by atoms with Crippen LogP contribution < -0.4 is 19.5 Å². The Balaban J connectivity index is 1.14. The molecule has 55 heavy (non-hydrogen) atoms. The molecule has 6 aliphatic rings. The number of sulfonamides is 1. The minimum atomic E-state index is -3.89. The molecule has 2 aliphatic heterocycles. The largest absolute Gasteiger partial charge is 0.496 e. The van der Waals surface area contributed by atoms with Gasteiger partial charge in [-0.25, -0.2) is 13.4 Å². The number of pyridine rings is 1. The van der Waals surface area contributed by atoms with Crippen LogP contribution in [0.4, 0.5) is 0 Å². The van der Waals surface area contributed by atoms with E-state index in [1.165, 1.54) is 11.0 Å². The summed E-state index contributed by atoms with van der Waals surface area (Å²) in [5.74, 6) is -2.15. The van der Waals surface area contributed by atoms with Crippen molar-refractivity contribution >= 4 is 44.6 Å². The number of hydrogen-bond donors (Lipinski definition) is 2. The maximum absolute atomic E-state index is 14.8. The van der Waals surface area contributed by atoms with Crippen LogP contribution in [0.1, 0.15) is 82.6 Å². The van der Waals surface area contributed by atoms with Crippen molar-refractivity contribution < 1.29 is 41.8 Å². The molecular formula is C41H50N4O9S. The van der Waals surface area contributed by atoms with E-state index >= 15 is 0 Å². The number of esters is 1. The molecule has 0 radical (unpaired) electrons. The van der Waals surface area contributed by atoms with E-state index < -0.39 is 62.6 Å². The van der Waals surface area contributed by atoms with Gasteiger partial charge in [0.2, 0.25) is 27.7 Å². The second-order valence-electron chi connectivity index (χ2n) is 16.2. The van der Waals surface area contributed by atoms with E-state index in [1.807, 2.05) is 24.3 Å². The monoisotopic (exact) mass is 774 g/mol. The lowest BCUT2D eigenvalue weighted by atomic mass is 9.86. The molecule has 8 rings (SSSR count). The van der Waals surface area contributed by atoms with Gasteiger partial charge in [-0.1, -0.05) is 43.2 Å². The molecule has 0 unspecified atom stereocenters. The molecule has 14 heteroatoms. The lowest BCUT2D eigenvalue weighted by Crippen LogP contribution is -2.57. The summed E-state index contributed by atoms with van der Waals surface area (Å²) >= 11 is 0. The first-order valence-electron chi connectivity index (χ1n) is 19.8. The number of nitrogens with one attached hydrogen (secondary N) is 2. The van der Waals surface area contributed by atoms with Crippen molar-refractivity contribution in [2.45, 2.75) is 113 Å². The summed E-state index contributed by atoms with van der Waals surface area (Å²) < 4.78 is 46.3. The minimum Gasteiger partial charge on any atom is -0.496 e. The van der Waals surface area contributed by atoms with Crippen LogP contribution >= 0.6 is 0 Å². The molecule has 2 bridgehead atoms. The molecule has 2 N–H and O–H groups in total. The number of aromatic nitrogens is 1. The van der Waals surface area contributed by atoms with Crippen LogP contribution in [0, 0.1) is 23.7 Å². The lowest BCUT2D eigenvalue weighted by molar-refractivity contribution is -0.153. The predicted molar refractivity (Wildman–Crippen MR) is 202 cm³/mol. The van der Waals surface area contributed by atoms with Crippen molar-refractivity contribution in [1.82, 2.24) is 19.9 Å². The first-order chi connectivity index (χ1) is 26.5. The van der Waals surface area contributed by atoms with Crippen LogP contribution in [-0.2, 0) is 40.4 Å². The summed E-state index contributed by atoms with van der Waals surface area (Å²) in [6.07, 6.45) is 12.4. The zero-order chi connectivity index (χ0) is 38.5. The van der Waals surface area contributed by atoms with Crippen LogP contribution in [0.25, 0.3) is 10.9 Å². The normalized spacial score (nSPS) is 31.8. The molecule has 4 saturated carbocycles. The molecule has 1 aromatic carbocycles. The third kappa shape index (κ3) is 7.58. The van der Waals surface area contributed by atoms with Crippen molar-refractivity contribution in [3.8, 4) is 11.6 Å². The Morgan fingerprint density at radius 1 is 1.04 bits per heavy atom. The second-order valence-corrected chi connectivity index (χ2v) is 18.2. The Kier molecular flexibility index (Phi) is 10.1. The van der Waals surface area contributed by atoms with Gasteiger partial charge < -0.3 is 24.4 Å². The molecule has 7 atom stereocenters. The number of hydrogen-bond acceptors (Lipinski definition) is 10. The number of carbonyl (C=O) groups is 4. The van der Waals surface area contributed by atoms with E-state index in [0.29, 0.717) is 36.4 Å². The van der Waals surface area contributed by atoms with Gasteiger partial charge in [0.1, 0.15) is 29.5 Å². The van der Waals surface area contributed by atoms with Gasteiger partial charge in [0.05, 0.1) is 42.3 Å². The highest BCUT2D eigenvalue weighted by atomic mass is 32.2. The topological polar surface area (TPSA) is 170 Å². The highest BCUT2D eigenvalue weighted by Crippen LogP contribution is 2.46. The fourth-order valence-electron chi connectivity index (χ4n) is 8.98. The van der Waals surface area contributed by atoms with Crippen LogP contribution in [0.3, 0.4) is 0 Å². The van der Waals surface area contributed by atoms with E-state index in [4.69, 9.17) is 19.2 Å². The fraction of sp³-hybridized carbons (Fsp3) is 0.585. The Hall–Kier alpha value is -4.46. The van der Waals surface area contributed by atoms with Crippen LogP contribution in [0.5, 0.6) is 11.6 Å². The molecular weight excluding hydrogens is 725 g/mol. The van der Waals surface area contributed by atoms with Crippen LogP contribution in [0.2, 0.25) is 0 Å². The van der Waals surface area contributed by atoms with Gasteiger partial charge in [-0.2, -0.15) is 0 Å². The summed E-state index contributed by atoms with van der Waals surface area (Å²) in [5, 5.41) is 3.07. The number of benzene rings is 1. The summed E-state index contributed by atoms with van der Waals surface area (Å²) in [6, 6.07) is 6.55. The molecule has 5 fully saturated rings. The SMILES string of the molecule is C=C[C@@H]1C[C@]1(NC(=O)[C@@H]1C[C@@H]2CN1C(=O)[C@H](C1CCCC1)CC(=O)O[C@@H]1C[C@H]1CC/C=C/Cc1c(nc3ccccc3c1OC)O2)C(=O)NS(=O)(=O)C1CC1. The van der Waals surface area contributed by atoms with Crippen molar-refractivity contribution in [3.63, 3.8) is 0 Å². The lowest BCUT2D eigenvalue weighted by Gasteiger charge is -2.31. The van der Waals surface area contributed by atoms with E-state index in [1.54, 1.807) is 7.11 Å². The summed E-state index contributed by atoms with van der Waals surface area (Å²) in [7, 11) is -2.27. The molecule has 3 heterocycles. The van der Waals surface area contributed by atoms with Gasteiger partial charge in [-0.15, -0.1) is 6.58 Å². The predicted octanol–water partition coefficient (Wildman–Crippen LogP) is 4.28. The smallest absolute Gasteiger partial charge is 0.306 e. The number of fused-ring (bicyclic) bond motifs is 5. The average Bonchev–Trinajstić information content (AvgIpc) is 4.13. The zero-order valence-corrected chi connectivity index (χ0v) is 32.1. The third-order valence-electron chi connectivity index (χ3n) is 12.5. The van der Waals surface area contributed by atoms with Crippen LogP contribution in [-0.4, -0.2) is 84.7 Å². The zero-order valence-electron chi connectivity index (χ0n) is 31.2. The maximum Gasteiger partial charge on any atom is 0.306 e. The average molecular weight is 775 g/mol. The number of allylic oxidation sites excluding steroid dienone is 2. The number of amides is 3. The Bertz CT molecular complexity index is 2030. The highest BCUT2D eigenvalue weighted by Gasteiger charge is 2.62. The Morgan fingerprint density at radius 3 is 2.55 bits per heavy atom. The number of rotatable bonds is 8. The fourth-order valence-corrected chi connectivity index (χ4v) is 10.3. The molecule has 0 spiro atoms. The number of ether oxygens (including phenoxy) is 3. The molecule has 13 nitrogen and oxygen atoms in total. The van der Waals surface area contributed by atoms with E-state index in [0.717, 1.165) is 55.9 Å². The van der Waals surface area contributed by atoms with Gasteiger partial charge in [-0.3, -0.25) is 23.9 Å². The number of carbonyl (C=O) groups excluding carboxylic acids is 4. The highest BCUT2D eigenvalue weighted by molar-refractivity contribution is 7.91. The number of nitrogens with zero attached hydrogens (tertiary/aromatic N) is 2. The molecule has 1 saturated heterocycles. The van der Waals surface area contributed by atoms with Crippen molar-refractivity contribution in [2.24, 2.45) is 23.7 Å².